The van der Waals surface area contributed by atoms with Crippen LogP contribution in [0.4, 0.5) is 22.0 Å². The number of halogens is 5. The molecule has 4 aromatic rings. The molecule has 2 nitrogen and oxygen atoms in total. The third kappa shape index (κ3) is 5.70. The van der Waals surface area contributed by atoms with E-state index in [0.717, 1.165) is 61.3 Å². The number of alkyl halides is 4. The lowest BCUT2D eigenvalue weighted by Gasteiger charge is -2.37. The number of rotatable bonds is 9. The number of likely N-dealkylation sites (tertiary alicyclic amines) is 1. The number of aromatic nitrogens is 1. The molecule has 206 valence electrons. The maximum Gasteiger partial charge on any atom is 0.416 e. The average Bonchev–Trinajstić information content (AvgIpc) is 2.92. The molecule has 0 N–H and O–H groups in total. The summed E-state index contributed by atoms with van der Waals surface area (Å²) >= 11 is 0. The van der Waals surface area contributed by atoms with E-state index in [1.54, 1.807) is 6.08 Å². The molecule has 1 aliphatic rings. The maximum atomic E-state index is 15.1. The molecule has 3 aromatic carbocycles. The topological polar surface area (TPSA) is 16.1 Å². The molecule has 0 spiro atoms. The van der Waals surface area contributed by atoms with Gasteiger partial charge in [-0.25, -0.2) is 4.39 Å². The summed E-state index contributed by atoms with van der Waals surface area (Å²) in [4.78, 5) is 6.76. The van der Waals surface area contributed by atoms with Crippen LogP contribution >= 0.6 is 0 Å². The maximum absolute atomic E-state index is 15.1. The molecule has 1 fully saturated rings. The number of benzene rings is 3. The van der Waals surface area contributed by atoms with Crippen molar-refractivity contribution in [2.75, 3.05) is 26.3 Å². The Bertz CT molecular complexity index is 1550. The third-order valence-corrected chi connectivity index (χ3v) is 7.51. The van der Waals surface area contributed by atoms with Crippen molar-refractivity contribution in [1.29, 1.82) is 0 Å². The van der Waals surface area contributed by atoms with Crippen molar-refractivity contribution >= 4 is 22.6 Å². The van der Waals surface area contributed by atoms with Gasteiger partial charge in [0.1, 0.15) is 5.82 Å². The molecule has 1 saturated heterocycles. The summed E-state index contributed by atoms with van der Waals surface area (Å²) in [6, 6.07) is 16.1. The largest absolute Gasteiger partial charge is 0.416 e. The molecule has 0 bridgehead atoms. The highest BCUT2D eigenvalue weighted by Gasteiger charge is 2.31. The van der Waals surface area contributed by atoms with E-state index in [-0.39, 0.29) is 18.2 Å². The smallest absolute Gasteiger partial charge is 0.302 e. The van der Waals surface area contributed by atoms with E-state index in [0.29, 0.717) is 33.7 Å². The van der Waals surface area contributed by atoms with Crippen LogP contribution in [-0.2, 0) is 12.6 Å². The molecule has 0 amide bonds. The summed E-state index contributed by atoms with van der Waals surface area (Å²) in [6.07, 6.45) is 0.381. The Morgan fingerprint density at radius 1 is 1.00 bits per heavy atom. The van der Waals surface area contributed by atoms with Crippen molar-refractivity contribution in [1.82, 2.24) is 9.88 Å². The zero-order valence-corrected chi connectivity index (χ0v) is 21.9. The zero-order valence-electron chi connectivity index (χ0n) is 21.9. The molecule has 7 heteroatoms. The van der Waals surface area contributed by atoms with Crippen LogP contribution in [0.5, 0.6) is 0 Å². The second-order valence-electron chi connectivity index (χ2n) is 10.3. The first-order valence-electron chi connectivity index (χ1n) is 13.2. The van der Waals surface area contributed by atoms with E-state index in [4.69, 9.17) is 0 Å². The fourth-order valence-electron chi connectivity index (χ4n) is 5.26. The molecule has 0 aliphatic carbocycles. The van der Waals surface area contributed by atoms with Crippen LogP contribution in [-0.4, -0.2) is 36.2 Å². The van der Waals surface area contributed by atoms with E-state index in [9.17, 15) is 17.6 Å². The van der Waals surface area contributed by atoms with E-state index in [2.05, 4.69) is 23.0 Å². The van der Waals surface area contributed by atoms with Gasteiger partial charge in [-0.1, -0.05) is 61.7 Å². The molecule has 1 aliphatic heterocycles. The number of hydrogen-bond acceptors (Lipinski definition) is 2. The van der Waals surface area contributed by atoms with Gasteiger partial charge >= 0.3 is 6.18 Å². The molecular formula is C33H29F5N2. The Kier molecular flexibility index (Phi) is 7.86. The third-order valence-electron chi connectivity index (χ3n) is 7.51. The Labute approximate surface area is 230 Å². The van der Waals surface area contributed by atoms with Crippen LogP contribution in [0.25, 0.3) is 33.7 Å². The van der Waals surface area contributed by atoms with Gasteiger partial charge in [0.05, 0.1) is 17.8 Å². The van der Waals surface area contributed by atoms with Crippen LogP contribution in [0.2, 0.25) is 0 Å². The first-order valence-corrected chi connectivity index (χ1v) is 13.2. The lowest BCUT2D eigenvalue weighted by molar-refractivity contribution is -0.137. The molecule has 0 atom stereocenters. The summed E-state index contributed by atoms with van der Waals surface area (Å²) in [5.41, 5.74) is 4.00. The van der Waals surface area contributed by atoms with Crippen molar-refractivity contribution in [3.63, 3.8) is 0 Å². The highest BCUT2D eigenvalue weighted by molar-refractivity contribution is 6.02. The van der Waals surface area contributed by atoms with Gasteiger partial charge in [-0.2, -0.15) is 13.2 Å². The summed E-state index contributed by atoms with van der Waals surface area (Å²) in [5.74, 6) is -0.804. The quantitative estimate of drug-likeness (QED) is 0.195. The summed E-state index contributed by atoms with van der Waals surface area (Å²) in [5, 5.41) is 0.706. The van der Waals surface area contributed by atoms with Crippen LogP contribution in [0.1, 0.15) is 34.2 Å². The fourth-order valence-corrected chi connectivity index (χ4v) is 5.26. The van der Waals surface area contributed by atoms with E-state index < -0.39 is 17.6 Å². The average molecular weight is 549 g/mol. The number of fused-ring (bicyclic) bond motifs is 1. The Hall–Kier alpha value is -3.84. The number of hydrogen-bond donors (Lipinski definition) is 0. The van der Waals surface area contributed by atoms with Gasteiger partial charge in [0.15, 0.2) is 0 Å². The molecule has 1 aromatic heterocycles. The molecule has 5 rings (SSSR count). The first-order chi connectivity index (χ1) is 19.2. The monoisotopic (exact) mass is 548 g/mol. The highest BCUT2D eigenvalue weighted by atomic mass is 19.4. The van der Waals surface area contributed by atoms with Crippen molar-refractivity contribution in [2.45, 2.75) is 19.0 Å². The number of aryl methyl sites for hydroxylation is 1. The lowest BCUT2D eigenvalue weighted by Crippen LogP contribution is -2.47. The van der Waals surface area contributed by atoms with Gasteiger partial charge in [0, 0.05) is 47.3 Å². The SMILES string of the molecule is C=Cc1ccc2c(C(=C)c3ccc(CCCN4CC(CF)C4)cc3)c(-c3ccc(C(F)(F)F)cc3F)cnc2c1. The van der Waals surface area contributed by atoms with E-state index in [1.165, 1.54) is 6.20 Å². The molecule has 2 heterocycles. The van der Waals surface area contributed by atoms with Crippen molar-refractivity contribution in [3.05, 3.63) is 114 Å². The minimum atomic E-state index is -4.65. The van der Waals surface area contributed by atoms with Crippen molar-refractivity contribution in [2.24, 2.45) is 5.92 Å². The van der Waals surface area contributed by atoms with Gasteiger partial charge < -0.3 is 4.90 Å². The predicted octanol–water partition coefficient (Wildman–Crippen LogP) is 8.60. The minimum absolute atomic E-state index is 0.0176. The first kappa shape index (κ1) is 27.7. The lowest BCUT2D eigenvalue weighted by atomic mass is 9.88. The van der Waals surface area contributed by atoms with Crippen molar-refractivity contribution < 1.29 is 22.0 Å². The molecule has 0 radical (unpaired) electrons. The molecular weight excluding hydrogens is 519 g/mol. The van der Waals surface area contributed by atoms with Crippen molar-refractivity contribution in [3.8, 4) is 11.1 Å². The van der Waals surface area contributed by atoms with Gasteiger partial charge in [-0.05, 0) is 59.8 Å². The zero-order chi connectivity index (χ0) is 28.4. The van der Waals surface area contributed by atoms with Crippen LogP contribution < -0.4 is 0 Å². The summed E-state index contributed by atoms with van der Waals surface area (Å²) in [6.45, 7) is 10.4. The number of nitrogens with zero attached hydrogens (tertiary/aromatic N) is 2. The minimum Gasteiger partial charge on any atom is -0.302 e. The number of pyridine rings is 1. The second kappa shape index (κ2) is 11.3. The fraction of sp³-hybridized carbons (Fsp3) is 0.242. The molecule has 0 unspecified atom stereocenters. The summed E-state index contributed by atoms with van der Waals surface area (Å²) < 4.78 is 67.4. The molecule has 40 heavy (non-hydrogen) atoms. The van der Waals surface area contributed by atoms with E-state index in [1.807, 2.05) is 42.5 Å². The highest BCUT2D eigenvalue weighted by Crippen LogP contribution is 2.39. The second-order valence-corrected chi connectivity index (χ2v) is 10.3. The molecule has 0 saturated carbocycles. The predicted molar refractivity (Wildman–Crippen MR) is 151 cm³/mol. The van der Waals surface area contributed by atoms with Crippen LogP contribution in [0, 0.1) is 11.7 Å². The van der Waals surface area contributed by atoms with Gasteiger partial charge in [0.2, 0.25) is 0 Å². The standard InChI is InChI=1S/C33H29F5N2/c1-3-22-8-12-28-31(15-22)39-18-29(27-13-11-26(16-30(27)35)33(36,37)38)32(28)21(2)25-9-6-23(7-10-25)5-4-14-40-19-24(17-34)20-40/h3,6-13,15-16,18,24H,1-2,4-5,14,17,19-20H2. The Morgan fingerprint density at radius 3 is 2.40 bits per heavy atom. The van der Waals surface area contributed by atoms with Gasteiger partial charge in [-0.15, -0.1) is 0 Å². The van der Waals surface area contributed by atoms with Crippen LogP contribution in [0.15, 0.2) is 80.0 Å². The van der Waals surface area contributed by atoms with Crippen LogP contribution in [0.3, 0.4) is 0 Å². The summed E-state index contributed by atoms with van der Waals surface area (Å²) in [7, 11) is 0. The normalized spacial score (nSPS) is 14.3. The van der Waals surface area contributed by atoms with Gasteiger partial charge in [0.25, 0.3) is 0 Å². The van der Waals surface area contributed by atoms with Gasteiger partial charge in [-0.3, -0.25) is 9.37 Å². The van der Waals surface area contributed by atoms with E-state index >= 15 is 4.39 Å². The Morgan fingerprint density at radius 2 is 1.75 bits per heavy atom. The Balaban J connectivity index is 1.47.